The van der Waals surface area contributed by atoms with Crippen LogP contribution >= 0.6 is 23.8 Å². The summed E-state index contributed by atoms with van der Waals surface area (Å²) in [5, 5.41) is 0. The molecule has 13 nitrogen and oxygen atoms in total. The van der Waals surface area contributed by atoms with E-state index in [1.54, 1.807) is 10.9 Å². The van der Waals surface area contributed by atoms with Crippen LogP contribution in [0.15, 0.2) is 47.6 Å². The van der Waals surface area contributed by atoms with Crippen LogP contribution in [-0.2, 0) is 32.3 Å². The zero-order valence-corrected chi connectivity index (χ0v) is 23.7. The van der Waals surface area contributed by atoms with E-state index in [0.29, 0.717) is 24.2 Å². The molecule has 208 valence electrons. The monoisotopic (exact) mass is 623 g/mol. The molecule has 6 atom stereocenters. The fourth-order valence-corrected chi connectivity index (χ4v) is 6.87. The topological polar surface area (TPSA) is 151 Å². The number of nitrogens with zero attached hydrogens (tertiary/aromatic N) is 4. The normalized spacial score (nSPS) is 32.1. The summed E-state index contributed by atoms with van der Waals surface area (Å²) >= 11 is 3.46. The standard InChI is InChI=1S/C24H27BrN5O8P/c1-4-32-21-18-20(28-23(26)29-21)30(12-27-18)22-24(3)19(35-13(2)37-24)17(36-22)11-34-39(31)33-9-8-16(38-39)14-6-5-7-15(25)10-14/h5-7,10,12,16-17,19,22H,2,4,8-9,11H2,1,3H3,(H2,26,28,29)/t16-,17+,19+,22+,24+,39+/m0/s1. The van der Waals surface area contributed by atoms with Crippen molar-refractivity contribution in [3.05, 3.63) is 53.2 Å². The number of aromatic nitrogens is 4. The third-order valence-electron chi connectivity index (χ3n) is 6.73. The van der Waals surface area contributed by atoms with Crippen molar-refractivity contribution in [2.24, 2.45) is 0 Å². The summed E-state index contributed by atoms with van der Waals surface area (Å²) in [5.74, 6) is 0.405. The van der Waals surface area contributed by atoms with E-state index in [-0.39, 0.29) is 31.0 Å². The molecule has 3 fully saturated rings. The van der Waals surface area contributed by atoms with Gasteiger partial charge in [0.05, 0.1) is 32.3 Å². The number of hydrogen-bond donors (Lipinski definition) is 1. The number of hydrogen-bond acceptors (Lipinski definition) is 12. The number of nitrogen functional groups attached to an aromatic ring is 1. The summed E-state index contributed by atoms with van der Waals surface area (Å²) < 4.78 is 56.9. The number of nitrogens with two attached hydrogens (primary N) is 1. The molecule has 0 amide bonds. The molecule has 3 aliphatic rings. The van der Waals surface area contributed by atoms with E-state index in [9.17, 15) is 4.57 Å². The van der Waals surface area contributed by atoms with E-state index in [2.05, 4.69) is 37.5 Å². The summed E-state index contributed by atoms with van der Waals surface area (Å²) in [6, 6.07) is 7.60. The predicted octanol–water partition coefficient (Wildman–Crippen LogP) is 4.42. The third kappa shape index (κ3) is 4.79. The van der Waals surface area contributed by atoms with E-state index in [0.717, 1.165) is 10.0 Å². The van der Waals surface area contributed by atoms with Gasteiger partial charge in [-0.2, -0.15) is 9.97 Å². The van der Waals surface area contributed by atoms with Gasteiger partial charge in [0.2, 0.25) is 11.8 Å². The van der Waals surface area contributed by atoms with Gasteiger partial charge in [0, 0.05) is 10.9 Å². The number of ether oxygens (including phenoxy) is 4. The van der Waals surface area contributed by atoms with Crippen molar-refractivity contribution in [1.82, 2.24) is 19.5 Å². The first-order valence-electron chi connectivity index (χ1n) is 12.3. The molecule has 0 radical (unpaired) electrons. The molecule has 0 spiro atoms. The lowest BCUT2D eigenvalue weighted by Gasteiger charge is -2.30. The zero-order chi connectivity index (χ0) is 27.4. The van der Waals surface area contributed by atoms with Gasteiger partial charge in [-0.1, -0.05) is 28.1 Å². The van der Waals surface area contributed by atoms with Gasteiger partial charge in [0.25, 0.3) is 5.95 Å². The zero-order valence-electron chi connectivity index (χ0n) is 21.2. The van der Waals surface area contributed by atoms with Gasteiger partial charge in [-0.25, -0.2) is 9.55 Å². The molecule has 3 aromatic rings. The number of anilines is 1. The highest BCUT2D eigenvalue weighted by Gasteiger charge is 2.63. The van der Waals surface area contributed by atoms with Gasteiger partial charge in [-0.15, -0.1) is 0 Å². The average Bonchev–Trinajstić information content (AvgIpc) is 3.52. The van der Waals surface area contributed by atoms with Gasteiger partial charge in [0.15, 0.2) is 29.1 Å². The Kier molecular flexibility index (Phi) is 6.81. The SMILES string of the molecule is C=C1O[C@@H]2[C@@H](CO[P@@]3(=O)OCC[C@@H](c4cccc(Br)c4)O3)O[C@@H](n3cnc4c(OCC)nc(N)nc43)[C@]2(C)O1. The van der Waals surface area contributed by atoms with Crippen LogP contribution in [0, 0.1) is 0 Å². The van der Waals surface area contributed by atoms with Crippen LogP contribution in [0.5, 0.6) is 5.88 Å². The molecule has 2 aromatic heterocycles. The number of phosphoric ester groups is 1. The smallest absolute Gasteiger partial charge is 0.475 e. The van der Waals surface area contributed by atoms with Crippen molar-refractivity contribution in [3.8, 4) is 5.88 Å². The highest BCUT2D eigenvalue weighted by molar-refractivity contribution is 9.10. The first-order valence-corrected chi connectivity index (χ1v) is 14.6. The quantitative estimate of drug-likeness (QED) is 0.371. The molecule has 6 rings (SSSR count). The second-order valence-corrected chi connectivity index (χ2v) is 11.9. The largest absolute Gasteiger partial charge is 0.476 e. The molecule has 39 heavy (non-hydrogen) atoms. The Hall–Kier alpha value is -2.74. The molecule has 3 aliphatic heterocycles. The number of phosphoric acid groups is 1. The Morgan fingerprint density at radius 1 is 1.36 bits per heavy atom. The van der Waals surface area contributed by atoms with Crippen LogP contribution in [-0.4, -0.2) is 57.1 Å². The molecule has 0 unspecified atom stereocenters. The fraction of sp³-hybridized carbons (Fsp3) is 0.458. The summed E-state index contributed by atoms with van der Waals surface area (Å²) in [7, 11) is -3.90. The van der Waals surface area contributed by atoms with Crippen molar-refractivity contribution in [3.63, 3.8) is 0 Å². The second kappa shape index (κ2) is 10.0. The van der Waals surface area contributed by atoms with Crippen LogP contribution < -0.4 is 10.5 Å². The first-order chi connectivity index (χ1) is 18.7. The molecule has 3 saturated heterocycles. The maximum Gasteiger partial charge on any atom is 0.475 e. The van der Waals surface area contributed by atoms with Crippen LogP contribution in [0.3, 0.4) is 0 Å². The number of fused-ring (bicyclic) bond motifs is 2. The maximum atomic E-state index is 13.4. The Labute approximate surface area is 232 Å². The molecule has 2 N–H and O–H groups in total. The summed E-state index contributed by atoms with van der Waals surface area (Å²) in [5.41, 5.74) is 6.56. The minimum atomic E-state index is -3.90. The van der Waals surface area contributed by atoms with Gasteiger partial charge in [-0.05, 0) is 38.1 Å². The average molecular weight is 624 g/mol. The van der Waals surface area contributed by atoms with Gasteiger partial charge in [-0.3, -0.25) is 18.1 Å². The number of imidazole rings is 1. The molecular formula is C24H27BrN5O8P. The van der Waals surface area contributed by atoms with Gasteiger partial charge < -0.3 is 24.7 Å². The third-order valence-corrected chi connectivity index (χ3v) is 8.70. The van der Waals surface area contributed by atoms with E-state index in [4.69, 9.17) is 38.3 Å². The molecule has 0 aliphatic carbocycles. The van der Waals surface area contributed by atoms with Crippen LogP contribution in [0.4, 0.5) is 5.95 Å². The summed E-state index contributed by atoms with van der Waals surface area (Å²) in [4.78, 5) is 12.9. The maximum absolute atomic E-state index is 13.4. The molecular weight excluding hydrogens is 597 g/mol. The molecule has 15 heteroatoms. The fourth-order valence-electron chi connectivity index (χ4n) is 5.06. The Morgan fingerprint density at radius 3 is 3.00 bits per heavy atom. The summed E-state index contributed by atoms with van der Waals surface area (Å²) in [6.07, 6.45) is -0.544. The minimum absolute atomic E-state index is 0.0185. The van der Waals surface area contributed by atoms with Crippen molar-refractivity contribution >= 4 is 40.9 Å². The Bertz CT molecular complexity index is 1470. The highest BCUT2D eigenvalue weighted by Crippen LogP contribution is 2.58. The van der Waals surface area contributed by atoms with Crippen molar-refractivity contribution in [2.45, 2.75) is 50.4 Å². The minimum Gasteiger partial charge on any atom is -0.476 e. The molecule has 0 bridgehead atoms. The van der Waals surface area contributed by atoms with E-state index < -0.39 is 38.0 Å². The van der Waals surface area contributed by atoms with E-state index in [1.165, 1.54) is 0 Å². The van der Waals surface area contributed by atoms with Gasteiger partial charge >= 0.3 is 7.82 Å². The van der Waals surface area contributed by atoms with Crippen LogP contribution in [0.1, 0.15) is 38.2 Å². The van der Waals surface area contributed by atoms with Crippen LogP contribution in [0.25, 0.3) is 11.2 Å². The Morgan fingerprint density at radius 2 is 2.21 bits per heavy atom. The number of rotatable bonds is 7. The van der Waals surface area contributed by atoms with Crippen molar-refractivity contribution in [1.29, 1.82) is 0 Å². The van der Waals surface area contributed by atoms with Crippen molar-refractivity contribution < 1.29 is 37.1 Å². The molecule has 1 aromatic carbocycles. The molecule has 0 saturated carbocycles. The molecule has 5 heterocycles. The number of halogens is 1. The van der Waals surface area contributed by atoms with Crippen molar-refractivity contribution in [2.75, 3.05) is 25.6 Å². The van der Waals surface area contributed by atoms with E-state index >= 15 is 0 Å². The summed E-state index contributed by atoms with van der Waals surface area (Å²) in [6.45, 7) is 7.90. The number of benzene rings is 1. The van der Waals surface area contributed by atoms with Crippen LogP contribution in [0.2, 0.25) is 0 Å². The lowest BCUT2D eigenvalue weighted by atomic mass is 9.96. The Balaban J connectivity index is 1.24. The predicted molar refractivity (Wildman–Crippen MR) is 140 cm³/mol. The second-order valence-electron chi connectivity index (χ2n) is 9.38. The lowest BCUT2D eigenvalue weighted by Crippen LogP contribution is -2.42. The van der Waals surface area contributed by atoms with Gasteiger partial charge in [0.1, 0.15) is 6.10 Å². The highest BCUT2D eigenvalue weighted by atomic mass is 79.9. The first kappa shape index (κ1) is 26.5. The lowest BCUT2D eigenvalue weighted by molar-refractivity contribution is -0.105. The van der Waals surface area contributed by atoms with E-state index in [1.807, 2.05) is 38.1 Å².